The summed E-state index contributed by atoms with van der Waals surface area (Å²) < 4.78 is 30.3. The van der Waals surface area contributed by atoms with Crippen molar-refractivity contribution in [2.75, 3.05) is 6.26 Å². The number of rotatable bonds is 5. The molecule has 0 radical (unpaired) electrons. The molecule has 0 aliphatic carbocycles. The van der Waals surface area contributed by atoms with E-state index in [4.69, 9.17) is 9.84 Å². The van der Waals surface area contributed by atoms with Crippen LogP contribution in [0.2, 0.25) is 0 Å². The van der Waals surface area contributed by atoms with E-state index >= 15 is 0 Å². The first-order chi connectivity index (χ1) is 10.7. The smallest absolute Gasteiger partial charge is 0.335 e. The lowest BCUT2D eigenvalue weighted by atomic mass is 10.2. The van der Waals surface area contributed by atoms with Gasteiger partial charge in [0.25, 0.3) is 5.56 Å². The predicted molar refractivity (Wildman–Crippen MR) is 80.8 cm³/mol. The molecule has 0 amide bonds. The Morgan fingerprint density at radius 1 is 1.30 bits per heavy atom. The Balaban J connectivity index is 2.51. The summed E-state index contributed by atoms with van der Waals surface area (Å²) >= 11 is 0. The van der Waals surface area contributed by atoms with E-state index < -0.39 is 15.8 Å². The highest BCUT2D eigenvalue weighted by Gasteiger charge is 2.18. The molecule has 122 valence electrons. The zero-order valence-corrected chi connectivity index (χ0v) is 13.2. The third kappa shape index (κ3) is 3.75. The van der Waals surface area contributed by atoms with E-state index in [2.05, 4.69) is 5.10 Å². The molecule has 1 N–H and O–H groups in total. The molecule has 1 aromatic carbocycles. The molecular weight excluding hydrogens is 324 g/mol. The maximum absolute atomic E-state index is 11.8. The molecule has 2 rings (SSSR count). The van der Waals surface area contributed by atoms with Crippen molar-refractivity contribution in [3.63, 3.8) is 0 Å². The topological polar surface area (TPSA) is 116 Å². The molecule has 0 aliphatic rings. The Morgan fingerprint density at radius 3 is 2.57 bits per heavy atom. The van der Waals surface area contributed by atoms with Crippen LogP contribution in [0.4, 0.5) is 0 Å². The number of aromatic nitrogens is 2. The molecule has 2 aromatic rings. The number of carboxylic acid groups (broad SMARTS) is 1. The van der Waals surface area contributed by atoms with Crippen LogP contribution in [0, 0.1) is 0 Å². The summed E-state index contributed by atoms with van der Waals surface area (Å²) in [5.74, 6) is -1.29. The van der Waals surface area contributed by atoms with Crippen LogP contribution in [0.15, 0.2) is 40.0 Å². The van der Waals surface area contributed by atoms with Gasteiger partial charge < -0.3 is 9.84 Å². The Hall–Kier alpha value is -2.68. The highest BCUT2D eigenvalue weighted by Crippen LogP contribution is 2.28. The fraction of sp³-hybridized carbons (Fsp3) is 0.214. The molecule has 0 unspecified atom stereocenters. The van der Waals surface area contributed by atoms with Crippen LogP contribution in [-0.4, -0.2) is 35.5 Å². The van der Waals surface area contributed by atoms with Gasteiger partial charge in [-0.3, -0.25) is 4.79 Å². The Labute approximate surface area is 131 Å². The number of benzene rings is 1. The fourth-order valence-corrected chi connectivity index (χ4v) is 2.66. The lowest BCUT2D eigenvalue weighted by molar-refractivity contribution is 0.0696. The van der Waals surface area contributed by atoms with Crippen LogP contribution in [0.25, 0.3) is 0 Å². The summed E-state index contributed by atoms with van der Waals surface area (Å²) in [6, 6.07) is 6.04. The minimum absolute atomic E-state index is 0.0272. The Morgan fingerprint density at radius 2 is 2.00 bits per heavy atom. The lowest BCUT2D eigenvalue weighted by Gasteiger charge is -2.11. The number of aromatic carboxylic acids is 1. The van der Waals surface area contributed by atoms with E-state index in [0.29, 0.717) is 6.54 Å². The van der Waals surface area contributed by atoms with Crippen LogP contribution < -0.4 is 10.3 Å². The molecule has 23 heavy (non-hydrogen) atoms. The van der Waals surface area contributed by atoms with E-state index in [0.717, 1.165) is 17.0 Å². The van der Waals surface area contributed by atoms with Gasteiger partial charge in [0.05, 0.1) is 5.56 Å². The van der Waals surface area contributed by atoms with Crippen molar-refractivity contribution < 1.29 is 23.1 Å². The van der Waals surface area contributed by atoms with Gasteiger partial charge in [0, 0.05) is 24.9 Å². The zero-order chi connectivity index (χ0) is 17.2. The second-order valence-electron chi connectivity index (χ2n) is 4.67. The first-order valence-electron chi connectivity index (χ1n) is 6.56. The third-order valence-corrected chi connectivity index (χ3v) is 4.06. The fourth-order valence-electron chi connectivity index (χ4n) is 1.84. The summed E-state index contributed by atoms with van der Waals surface area (Å²) in [5.41, 5.74) is -0.492. The van der Waals surface area contributed by atoms with Gasteiger partial charge in [0.15, 0.2) is 9.84 Å². The van der Waals surface area contributed by atoms with Crippen LogP contribution >= 0.6 is 0 Å². The van der Waals surface area contributed by atoms with E-state index in [1.54, 1.807) is 6.92 Å². The largest absolute Gasteiger partial charge is 0.478 e. The van der Waals surface area contributed by atoms with Gasteiger partial charge in [-0.15, -0.1) is 5.10 Å². The monoisotopic (exact) mass is 338 g/mol. The first kappa shape index (κ1) is 16.7. The molecule has 0 saturated heterocycles. The molecule has 0 fully saturated rings. The van der Waals surface area contributed by atoms with Gasteiger partial charge in [0.2, 0.25) is 5.88 Å². The Bertz CT molecular complexity index is 917. The molecule has 8 nitrogen and oxygen atoms in total. The van der Waals surface area contributed by atoms with E-state index in [-0.39, 0.29) is 27.6 Å². The average molecular weight is 338 g/mol. The van der Waals surface area contributed by atoms with Crippen molar-refractivity contribution in [2.24, 2.45) is 0 Å². The van der Waals surface area contributed by atoms with Crippen LogP contribution in [-0.2, 0) is 16.4 Å². The van der Waals surface area contributed by atoms with E-state index in [1.165, 1.54) is 24.3 Å². The van der Waals surface area contributed by atoms with Crippen molar-refractivity contribution in [1.29, 1.82) is 0 Å². The molecule has 0 saturated carbocycles. The number of carbonyl (C=O) groups is 1. The molecule has 9 heteroatoms. The molecule has 0 spiro atoms. The van der Waals surface area contributed by atoms with Crippen molar-refractivity contribution in [3.8, 4) is 11.6 Å². The van der Waals surface area contributed by atoms with E-state index in [1.807, 2.05) is 0 Å². The van der Waals surface area contributed by atoms with Crippen molar-refractivity contribution in [1.82, 2.24) is 9.78 Å². The number of nitrogens with zero attached hydrogens (tertiary/aromatic N) is 2. The van der Waals surface area contributed by atoms with Crippen LogP contribution in [0.1, 0.15) is 17.3 Å². The quantitative estimate of drug-likeness (QED) is 0.869. The van der Waals surface area contributed by atoms with Crippen molar-refractivity contribution >= 4 is 15.8 Å². The Kier molecular flexibility index (Phi) is 4.50. The molecule has 0 atom stereocenters. The maximum atomic E-state index is 11.8. The number of carboxylic acids is 1. The molecule has 0 bridgehead atoms. The summed E-state index contributed by atoms with van der Waals surface area (Å²) in [5, 5.41) is 12.9. The number of sulfone groups is 1. The minimum Gasteiger partial charge on any atom is -0.478 e. The van der Waals surface area contributed by atoms with Gasteiger partial charge in [-0.05, 0) is 25.1 Å². The number of hydrogen-bond donors (Lipinski definition) is 1. The highest BCUT2D eigenvalue weighted by molar-refractivity contribution is 7.90. The van der Waals surface area contributed by atoms with Crippen LogP contribution in [0.5, 0.6) is 11.6 Å². The normalized spacial score (nSPS) is 11.2. The molecule has 1 heterocycles. The number of aryl methyl sites for hydroxylation is 1. The van der Waals surface area contributed by atoms with Gasteiger partial charge in [0.1, 0.15) is 10.6 Å². The van der Waals surface area contributed by atoms with Gasteiger partial charge >= 0.3 is 5.97 Å². The van der Waals surface area contributed by atoms with Crippen LogP contribution in [0.3, 0.4) is 0 Å². The maximum Gasteiger partial charge on any atom is 0.335 e. The number of ether oxygens (including phenoxy) is 1. The minimum atomic E-state index is -3.72. The highest BCUT2D eigenvalue weighted by atomic mass is 32.2. The third-order valence-electron chi connectivity index (χ3n) is 2.95. The molecule has 1 aromatic heterocycles. The SMILES string of the molecule is CCn1nc(Oc2ccc(C(=O)O)cc2S(C)(=O)=O)ccc1=O. The van der Waals surface area contributed by atoms with Gasteiger partial charge in [-0.2, -0.15) is 0 Å². The second kappa shape index (κ2) is 6.21. The summed E-state index contributed by atoms with van der Waals surface area (Å²) in [4.78, 5) is 22.2. The summed E-state index contributed by atoms with van der Waals surface area (Å²) in [6.07, 6.45) is 0.946. The zero-order valence-electron chi connectivity index (χ0n) is 12.4. The summed E-state index contributed by atoms with van der Waals surface area (Å²) in [7, 11) is -3.72. The molecule has 0 aliphatic heterocycles. The molecular formula is C14H14N2O6S. The first-order valence-corrected chi connectivity index (χ1v) is 8.45. The van der Waals surface area contributed by atoms with Crippen molar-refractivity contribution in [2.45, 2.75) is 18.4 Å². The van der Waals surface area contributed by atoms with E-state index in [9.17, 15) is 18.0 Å². The van der Waals surface area contributed by atoms with Crippen molar-refractivity contribution in [3.05, 3.63) is 46.2 Å². The summed E-state index contributed by atoms with van der Waals surface area (Å²) in [6.45, 7) is 2.05. The predicted octanol–water partition coefficient (Wildman–Crippen LogP) is 1.16. The average Bonchev–Trinajstić information content (AvgIpc) is 2.48. The standard InChI is InChI=1S/C14H14N2O6S/c1-3-16-13(17)7-6-12(15-16)22-10-5-4-9(14(18)19)8-11(10)23(2,20)21/h4-8H,3H2,1-2H3,(H,18,19). The lowest BCUT2D eigenvalue weighted by Crippen LogP contribution is -2.20. The second-order valence-corrected chi connectivity index (χ2v) is 6.65. The van der Waals surface area contributed by atoms with Gasteiger partial charge in [-0.25, -0.2) is 17.9 Å². The van der Waals surface area contributed by atoms with Gasteiger partial charge in [-0.1, -0.05) is 0 Å². The number of hydrogen-bond acceptors (Lipinski definition) is 6.